The van der Waals surface area contributed by atoms with Crippen molar-refractivity contribution in [3.63, 3.8) is 0 Å². The van der Waals surface area contributed by atoms with Crippen LogP contribution in [-0.2, 0) is 30.8 Å². The van der Waals surface area contributed by atoms with Gasteiger partial charge in [-0.3, -0.25) is 14.5 Å². The van der Waals surface area contributed by atoms with Crippen LogP contribution in [0.1, 0.15) is 16.7 Å². The lowest BCUT2D eigenvalue weighted by molar-refractivity contribution is -0.123. The van der Waals surface area contributed by atoms with Gasteiger partial charge in [0.15, 0.2) is 9.84 Å². The Morgan fingerprint density at radius 2 is 1.69 bits per heavy atom. The highest BCUT2D eigenvalue weighted by atomic mass is 35.5. The average molecular weight is 467 g/mol. The standard InChI is InChI=1S/C24H19ClN2O4S/c1-16-7-6-9-18(13-16)27-22(28)15-32(30,31)24(27)19-10-3-5-12-21(19)26(23(24)29)14-17-8-2-4-11-20(17)25/h2-13H,14-15H2,1H3. The first kappa shape index (κ1) is 20.7. The summed E-state index contributed by atoms with van der Waals surface area (Å²) in [5.41, 5.74) is 2.64. The summed E-state index contributed by atoms with van der Waals surface area (Å²) >= 11 is 6.33. The van der Waals surface area contributed by atoms with E-state index in [2.05, 4.69) is 0 Å². The molecule has 1 saturated heterocycles. The van der Waals surface area contributed by atoms with E-state index in [1.165, 1.54) is 4.90 Å². The number of sulfone groups is 1. The van der Waals surface area contributed by atoms with Crippen molar-refractivity contribution in [2.45, 2.75) is 18.3 Å². The Labute approximate surface area is 190 Å². The predicted molar refractivity (Wildman–Crippen MR) is 123 cm³/mol. The number of hydrogen-bond acceptors (Lipinski definition) is 4. The molecule has 8 heteroatoms. The van der Waals surface area contributed by atoms with Crippen LogP contribution < -0.4 is 9.80 Å². The van der Waals surface area contributed by atoms with E-state index in [4.69, 9.17) is 11.6 Å². The van der Waals surface area contributed by atoms with Gasteiger partial charge < -0.3 is 4.90 Å². The normalized spacial score (nSPS) is 21.4. The molecule has 5 rings (SSSR count). The third-order valence-electron chi connectivity index (χ3n) is 5.97. The van der Waals surface area contributed by atoms with Crippen molar-refractivity contribution in [2.75, 3.05) is 15.6 Å². The summed E-state index contributed by atoms with van der Waals surface area (Å²) in [6.45, 7) is 1.93. The number of halogens is 1. The Kier molecular flexibility index (Phi) is 4.65. The molecule has 1 spiro atoms. The molecule has 0 aromatic heterocycles. The number of para-hydroxylation sites is 1. The van der Waals surface area contributed by atoms with Crippen molar-refractivity contribution in [1.29, 1.82) is 0 Å². The van der Waals surface area contributed by atoms with Crippen molar-refractivity contribution in [2.24, 2.45) is 0 Å². The third-order valence-corrected chi connectivity index (χ3v) is 8.44. The second kappa shape index (κ2) is 7.18. The molecule has 6 nitrogen and oxygen atoms in total. The molecule has 2 amide bonds. The van der Waals surface area contributed by atoms with Crippen LogP contribution >= 0.6 is 11.6 Å². The van der Waals surface area contributed by atoms with Crippen LogP contribution in [0.15, 0.2) is 72.8 Å². The second-order valence-electron chi connectivity index (χ2n) is 7.97. The first-order valence-electron chi connectivity index (χ1n) is 10.0. The molecule has 3 aromatic rings. The van der Waals surface area contributed by atoms with Gasteiger partial charge in [0.25, 0.3) is 10.8 Å². The summed E-state index contributed by atoms with van der Waals surface area (Å²) in [6.07, 6.45) is 0. The fourth-order valence-electron chi connectivity index (χ4n) is 4.61. The van der Waals surface area contributed by atoms with E-state index < -0.39 is 32.3 Å². The molecule has 2 heterocycles. The topological polar surface area (TPSA) is 74.8 Å². The molecule has 2 aliphatic heterocycles. The van der Waals surface area contributed by atoms with Crippen molar-refractivity contribution >= 4 is 44.6 Å². The number of carbonyl (C=O) groups is 2. The number of anilines is 2. The number of benzene rings is 3. The van der Waals surface area contributed by atoms with Gasteiger partial charge in [-0.2, -0.15) is 0 Å². The van der Waals surface area contributed by atoms with Crippen molar-refractivity contribution < 1.29 is 18.0 Å². The summed E-state index contributed by atoms with van der Waals surface area (Å²) in [4.78, 5) is 27.6. The van der Waals surface area contributed by atoms with E-state index in [0.29, 0.717) is 22.0 Å². The Balaban J connectivity index is 1.76. The summed E-state index contributed by atoms with van der Waals surface area (Å²) in [5, 5.41) is 0.472. The third kappa shape index (κ3) is 2.74. The number of rotatable bonds is 3. The number of hydrogen-bond donors (Lipinski definition) is 0. The van der Waals surface area contributed by atoms with Crippen LogP contribution in [0.2, 0.25) is 5.02 Å². The minimum absolute atomic E-state index is 0.0860. The SMILES string of the molecule is Cc1cccc(N2C(=O)CS(=O)(=O)C23C(=O)N(Cc2ccccc2Cl)c2ccccc23)c1. The van der Waals surface area contributed by atoms with Gasteiger partial charge in [-0.05, 0) is 42.3 Å². The molecule has 1 fully saturated rings. The Morgan fingerprint density at radius 3 is 2.44 bits per heavy atom. The average Bonchev–Trinajstić information content (AvgIpc) is 3.12. The number of amides is 2. The minimum Gasteiger partial charge on any atom is -0.304 e. The number of aryl methyl sites for hydroxylation is 1. The van der Waals surface area contributed by atoms with Crippen LogP contribution in [-0.4, -0.2) is 26.0 Å². The highest BCUT2D eigenvalue weighted by Crippen LogP contribution is 2.52. The highest BCUT2D eigenvalue weighted by Gasteiger charge is 2.69. The monoisotopic (exact) mass is 466 g/mol. The van der Waals surface area contributed by atoms with Crippen LogP contribution in [0, 0.1) is 6.92 Å². The van der Waals surface area contributed by atoms with Crippen LogP contribution in [0.3, 0.4) is 0 Å². The summed E-state index contributed by atoms with van der Waals surface area (Å²) in [7, 11) is -4.19. The first-order chi connectivity index (χ1) is 15.3. The van der Waals surface area contributed by atoms with Gasteiger partial charge >= 0.3 is 0 Å². The quantitative estimate of drug-likeness (QED) is 0.588. The number of fused-ring (bicyclic) bond motifs is 2. The molecule has 1 atom stereocenters. The molecule has 162 valence electrons. The van der Waals surface area contributed by atoms with Crippen LogP contribution in [0.5, 0.6) is 0 Å². The van der Waals surface area contributed by atoms with Crippen LogP contribution in [0.25, 0.3) is 0 Å². The van der Waals surface area contributed by atoms with Gasteiger partial charge in [0.05, 0.1) is 12.2 Å². The summed E-state index contributed by atoms with van der Waals surface area (Å²) < 4.78 is 27.1. The van der Waals surface area contributed by atoms with Gasteiger partial charge in [0.1, 0.15) is 5.75 Å². The number of carbonyl (C=O) groups excluding carboxylic acids is 2. The van der Waals surface area contributed by atoms with E-state index in [1.807, 2.05) is 13.0 Å². The molecule has 0 N–H and O–H groups in total. The second-order valence-corrected chi connectivity index (χ2v) is 10.5. The van der Waals surface area contributed by atoms with Crippen LogP contribution in [0.4, 0.5) is 11.4 Å². The van der Waals surface area contributed by atoms with E-state index in [-0.39, 0.29) is 12.1 Å². The largest absolute Gasteiger partial charge is 0.304 e. The summed E-state index contributed by atoms with van der Waals surface area (Å²) in [5.74, 6) is -2.04. The fourth-order valence-corrected chi connectivity index (χ4v) is 6.84. The molecule has 0 aliphatic carbocycles. The molecule has 0 saturated carbocycles. The zero-order chi connectivity index (χ0) is 22.7. The molecule has 3 aromatic carbocycles. The summed E-state index contributed by atoms with van der Waals surface area (Å²) in [6, 6.07) is 20.8. The lowest BCUT2D eigenvalue weighted by Crippen LogP contribution is -2.54. The van der Waals surface area contributed by atoms with E-state index in [0.717, 1.165) is 10.5 Å². The molecule has 0 radical (unpaired) electrons. The van der Waals surface area contributed by atoms with E-state index in [9.17, 15) is 18.0 Å². The molecule has 32 heavy (non-hydrogen) atoms. The van der Waals surface area contributed by atoms with Crippen molar-refractivity contribution in [3.8, 4) is 0 Å². The van der Waals surface area contributed by atoms with Gasteiger partial charge in [-0.15, -0.1) is 0 Å². The van der Waals surface area contributed by atoms with E-state index >= 15 is 0 Å². The Hall–Kier alpha value is -3.16. The van der Waals surface area contributed by atoms with Gasteiger partial charge in [0.2, 0.25) is 5.91 Å². The zero-order valence-corrected chi connectivity index (χ0v) is 18.7. The Morgan fingerprint density at radius 1 is 0.969 bits per heavy atom. The van der Waals surface area contributed by atoms with E-state index in [1.54, 1.807) is 66.7 Å². The van der Waals surface area contributed by atoms with Gasteiger partial charge in [0, 0.05) is 16.3 Å². The lowest BCUT2D eigenvalue weighted by atomic mass is 10.0. The fraction of sp³-hybridized carbons (Fsp3) is 0.167. The zero-order valence-electron chi connectivity index (χ0n) is 17.2. The molecular formula is C24H19ClN2O4S. The molecule has 1 unspecified atom stereocenters. The molecular weight excluding hydrogens is 448 g/mol. The molecule has 0 bridgehead atoms. The maximum atomic E-state index is 14.0. The van der Waals surface area contributed by atoms with Gasteiger partial charge in [-0.25, -0.2) is 8.42 Å². The number of nitrogens with zero attached hydrogens (tertiary/aromatic N) is 2. The lowest BCUT2D eigenvalue weighted by Gasteiger charge is -2.32. The van der Waals surface area contributed by atoms with Gasteiger partial charge in [-0.1, -0.05) is 60.1 Å². The predicted octanol–water partition coefficient (Wildman–Crippen LogP) is 3.81. The maximum Gasteiger partial charge on any atom is 0.274 e. The molecule has 2 aliphatic rings. The maximum absolute atomic E-state index is 14.0. The smallest absolute Gasteiger partial charge is 0.274 e. The minimum atomic E-state index is -4.19. The highest BCUT2D eigenvalue weighted by molar-refractivity contribution is 7.94. The Bertz CT molecular complexity index is 1390. The van der Waals surface area contributed by atoms with Crippen molar-refractivity contribution in [1.82, 2.24) is 0 Å². The first-order valence-corrected chi connectivity index (χ1v) is 12.1. The van der Waals surface area contributed by atoms with Crippen molar-refractivity contribution in [3.05, 3.63) is 94.5 Å².